The molecule has 0 aliphatic heterocycles. The molecule has 22 heavy (non-hydrogen) atoms. The van der Waals surface area contributed by atoms with Crippen LogP contribution in [0, 0.1) is 33.5 Å². The maximum Gasteiger partial charge on any atom is 0.139 e. The summed E-state index contributed by atoms with van der Waals surface area (Å²) in [6.45, 7) is 13.3. The zero-order valence-electron chi connectivity index (χ0n) is 15.2. The zero-order valence-corrected chi connectivity index (χ0v) is 15.2. The molecule has 4 aliphatic rings. The molecule has 4 fully saturated rings. The first-order valence-electron chi connectivity index (χ1n) is 9.03. The molecule has 2 unspecified atom stereocenters. The molecule has 0 radical (unpaired) electrons. The third-order valence-electron chi connectivity index (χ3n) is 8.97. The minimum Gasteiger partial charge on any atom is -0.299 e. The van der Waals surface area contributed by atoms with Crippen LogP contribution in [-0.2, 0) is 9.59 Å². The van der Waals surface area contributed by atoms with Crippen molar-refractivity contribution in [2.24, 2.45) is 33.5 Å². The highest BCUT2D eigenvalue weighted by Crippen LogP contribution is 2.64. The molecule has 0 aromatic heterocycles. The van der Waals surface area contributed by atoms with Crippen molar-refractivity contribution in [1.82, 2.24) is 0 Å². The summed E-state index contributed by atoms with van der Waals surface area (Å²) >= 11 is 0. The first kappa shape index (κ1) is 16.2. The second kappa shape index (κ2) is 4.45. The second-order valence-electron chi connectivity index (χ2n) is 9.83. The van der Waals surface area contributed by atoms with Gasteiger partial charge in [-0.15, -0.1) is 0 Å². The molecule has 0 heterocycles. The van der Waals surface area contributed by atoms with E-state index in [1.165, 1.54) is 12.8 Å². The number of rotatable bonds is 0. The van der Waals surface area contributed by atoms with Crippen LogP contribution >= 0.6 is 0 Å². The van der Waals surface area contributed by atoms with Gasteiger partial charge in [-0.2, -0.15) is 0 Å². The Hall–Kier alpha value is -0.660. The molecule has 124 valence electrons. The third-order valence-corrected chi connectivity index (χ3v) is 8.97. The number of carbonyl (C=O) groups excluding carboxylic acids is 2. The average molecular weight is 304 g/mol. The smallest absolute Gasteiger partial charge is 0.139 e. The molecular formula is C20H32O2. The van der Waals surface area contributed by atoms with Crippen molar-refractivity contribution in [3.05, 3.63) is 0 Å². The zero-order chi connectivity index (χ0) is 16.6. The summed E-state index contributed by atoms with van der Waals surface area (Å²) in [5, 5.41) is 0. The van der Waals surface area contributed by atoms with E-state index >= 15 is 0 Å². The molecule has 0 aromatic carbocycles. The molecule has 4 bridgehead atoms. The Morgan fingerprint density at radius 3 is 1.09 bits per heavy atom. The molecule has 0 saturated heterocycles. The van der Waals surface area contributed by atoms with Gasteiger partial charge < -0.3 is 0 Å². The van der Waals surface area contributed by atoms with Crippen LogP contribution < -0.4 is 0 Å². The molecular weight excluding hydrogens is 272 g/mol. The average Bonchev–Trinajstić information content (AvgIpc) is 2.91. The number of ketones is 2. The lowest BCUT2D eigenvalue weighted by molar-refractivity contribution is -0.129. The van der Waals surface area contributed by atoms with Crippen LogP contribution in [0.5, 0.6) is 0 Å². The number of hydrogen-bond donors (Lipinski definition) is 0. The van der Waals surface area contributed by atoms with Gasteiger partial charge in [-0.05, 0) is 48.3 Å². The van der Waals surface area contributed by atoms with Crippen LogP contribution in [0.25, 0.3) is 0 Å². The van der Waals surface area contributed by atoms with Crippen molar-refractivity contribution in [1.29, 1.82) is 0 Å². The molecule has 0 N–H and O–H groups in total. The van der Waals surface area contributed by atoms with Crippen LogP contribution in [0.3, 0.4) is 0 Å². The highest BCUT2D eigenvalue weighted by molar-refractivity contribution is 5.89. The largest absolute Gasteiger partial charge is 0.299 e. The molecule has 0 aromatic rings. The Morgan fingerprint density at radius 2 is 1.00 bits per heavy atom. The maximum absolute atomic E-state index is 11.6. The van der Waals surface area contributed by atoms with E-state index in [-0.39, 0.29) is 21.7 Å². The number of hydrogen-bond acceptors (Lipinski definition) is 2. The molecule has 4 rings (SSSR count). The monoisotopic (exact) mass is 304 g/mol. The van der Waals surface area contributed by atoms with Crippen molar-refractivity contribution in [3.63, 3.8) is 0 Å². The van der Waals surface area contributed by atoms with Gasteiger partial charge in [0.05, 0.1) is 0 Å². The summed E-state index contributed by atoms with van der Waals surface area (Å²) in [6, 6.07) is 0. The molecule has 2 heteroatoms. The molecule has 0 amide bonds. The van der Waals surface area contributed by atoms with E-state index in [9.17, 15) is 9.59 Å². The number of fused-ring (bicyclic) bond motifs is 4. The topological polar surface area (TPSA) is 34.1 Å². The second-order valence-corrected chi connectivity index (χ2v) is 9.83. The van der Waals surface area contributed by atoms with Crippen molar-refractivity contribution in [2.75, 3.05) is 0 Å². The van der Waals surface area contributed by atoms with E-state index in [4.69, 9.17) is 0 Å². The normalized spacial score (nSPS) is 46.8. The summed E-state index contributed by atoms with van der Waals surface area (Å²) < 4.78 is 0. The Kier molecular flexibility index (Phi) is 3.28. The standard InChI is InChI=1S/2C10H16O/c2*1-9(2)7-4-5-10(9,3)8(11)6-7/h2*7H,4-6H2,1-3H3/t7-,10+;/m1./s1. The quantitative estimate of drug-likeness (QED) is 0.644. The highest BCUT2D eigenvalue weighted by atomic mass is 16.1. The van der Waals surface area contributed by atoms with E-state index in [1.54, 1.807) is 0 Å². The van der Waals surface area contributed by atoms with Gasteiger partial charge in [0.15, 0.2) is 0 Å². The van der Waals surface area contributed by atoms with Crippen LogP contribution in [0.4, 0.5) is 0 Å². The summed E-state index contributed by atoms with van der Waals surface area (Å²) in [7, 11) is 0. The lowest BCUT2D eigenvalue weighted by atomic mass is 9.70. The number of carbonyl (C=O) groups is 2. The Morgan fingerprint density at radius 1 is 0.682 bits per heavy atom. The summed E-state index contributed by atoms with van der Waals surface area (Å²) in [6.07, 6.45) is 6.50. The fraction of sp³-hybridized carbons (Fsp3) is 0.900. The van der Waals surface area contributed by atoms with Crippen LogP contribution in [0.1, 0.15) is 80.1 Å². The van der Waals surface area contributed by atoms with Gasteiger partial charge in [0, 0.05) is 23.7 Å². The van der Waals surface area contributed by atoms with Gasteiger partial charge in [-0.3, -0.25) is 9.59 Å². The molecule has 4 aliphatic carbocycles. The molecule has 2 nitrogen and oxygen atoms in total. The minimum atomic E-state index is 0.0255. The van der Waals surface area contributed by atoms with Crippen LogP contribution in [0.15, 0.2) is 0 Å². The summed E-state index contributed by atoms with van der Waals surface area (Å²) in [5.74, 6) is 2.39. The fourth-order valence-electron chi connectivity index (χ4n) is 5.80. The SMILES string of the molecule is CC1(C)[C@@H]2CC[C@@]1(C)C(=O)C2.CC12CCC(CC1=O)C2(C)C. The van der Waals surface area contributed by atoms with Crippen molar-refractivity contribution >= 4 is 11.6 Å². The van der Waals surface area contributed by atoms with Gasteiger partial charge in [-0.25, -0.2) is 0 Å². The third kappa shape index (κ3) is 1.73. The van der Waals surface area contributed by atoms with E-state index in [0.717, 1.165) is 25.7 Å². The minimum absolute atomic E-state index is 0.0255. The van der Waals surface area contributed by atoms with E-state index < -0.39 is 0 Å². The van der Waals surface area contributed by atoms with Crippen molar-refractivity contribution in [2.45, 2.75) is 80.1 Å². The molecule has 4 atom stereocenters. The van der Waals surface area contributed by atoms with E-state index in [1.807, 2.05) is 0 Å². The summed E-state index contributed by atoms with van der Waals surface area (Å²) in [4.78, 5) is 23.1. The van der Waals surface area contributed by atoms with Gasteiger partial charge in [0.25, 0.3) is 0 Å². The van der Waals surface area contributed by atoms with E-state index in [0.29, 0.717) is 23.4 Å². The van der Waals surface area contributed by atoms with Gasteiger partial charge in [0.2, 0.25) is 0 Å². The molecule has 4 saturated carbocycles. The summed E-state index contributed by atoms with van der Waals surface area (Å²) in [5.41, 5.74) is 0.615. The molecule has 0 spiro atoms. The van der Waals surface area contributed by atoms with Gasteiger partial charge in [0.1, 0.15) is 11.6 Å². The lowest BCUT2D eigenvalue weighted by Crippen LogP contribution is -2.32. The fourth-order valence-corrected chi connectivity index (χ4v) is 5.80. The highest BCUT2D eigenvalue weighted by Gasteiger charge is 2.62. The maximum atomic E-state index is 11.6. The van der Waals surface area contributed by atoms with Gasteiger partial charge in [-0.1, -0.05) is 41.5 Å². The first-order chi connectivity index (χ1) is 9.97. The Bertz CT molecular complexity index is 482. The predicted octanol–water partition coefficient (Wildman–Crippen LogP) is 4.80. The van der Waals surface area contributed by atoms with Gasteiger partial charge >= 0.3 is 0 Å². The number of Topliss-reactive ketones (excluding diaryl/α,β-unsaturated/α-hetero) is 2. The van der Waals surface area contributed by atoms with E-state index in [2.05, 4.69) is 41.5 Å². The lowest BCUT2D eigenvalue weighted by Gasteiger charge is -2.32. The Labute approximate surface area is 135 Å². The van der Waals surface area contributed by atoms with Crippen LogP contribution in [-0.4, -0.2) is 11.6 Å². The van der Waals surface area contributed by atoms with Crippen LogP contribution in [0.2, 0.25) is 0 Å². The van der Waals surface area contributed by atoms with Crippen molar-refractivity contribution in [3.8, 4) is 0 Å². The predicted molar refractivity (Wildman–Crippen MR) is 88.5 cm³/mol. The first-order valence-corrected chi connectivity index (χ1v) is 9.03. The Balaban J connectivity index is 0.000000131. The van der Waals surface area contributed by atoms with Crippen molar-refractivity contribution < 1.29 is 9.59 Å².